The van der Waals surface area contributed by atoms with Gasteiger partial charge in [0.2, 0.25) is 5.91 Å². The van der Waals surface area contributed by atoms with Gasteiger partial charge in [0.1, 0.15) is 5.54 Å². The highest BCUT2D eigenvalue weighted by molar-refractivity contribution is 5.89. The molecule has 0 bridgehead atoms. The Morgan fingerprint density at radius 3 is 2.72 bits per heavy atom. The molecule has 0 aromatic rings. The number of aliphatic carboxylic acids is 1. The number of hydrogen-bond acceptors (Lipinski definition) is 3. The van der Waals surface area contributed by atoms with Crippen LogP contribution in [0, 0.1) is 5.92 Å². The van der Waals surface area contributed by atoms with E-state index < -0.39 is 11.5 Å². The van der Waals surface area contributed by atoms with Gasteiger partial charge in [-0.25, -0.2) is 4.79 Å². The van der Waals surface area contributed by atoms with Crippen LogP contribution in [0.4, 0.5) is 0 Å². The lowest BCUT2D eigenvalue weighted by Crippen LogP contribution is -2.54. The Kier molecular flexibility index (Phi) is 3.61. The van der Waals surface area contributed by atoms with E-state index in [-0.39, 0.29) is 17.9 Å². The molecular weight excluding hydrogens is 234 g/mol. The fraction of sp³-hybridized carbons (Fsp3) is 0.846. The lowest BCUT2D eigenvalue weighted by Gasteiger charge is -2.36. The Bertz CT molecular complexity index is 357. The summed E-state index contributed by atoms with van der Waals surface area (Å²) in [5, 5.41) is 9.47. The molecule has 2 aliphatic heterocycles. The molecule has 5 heteroatoms. The molecule has 1 N–H and O–H groups in total. The molecule has 2 rings (SSSR count). The average Bonchev–Trinajstić information content (AvgIpc) is 2.94. The number of carbonyl (C=O) groups is 2. The predicted molar refractivity (Wildman–Crippen MR) is 65.1 cm³/mol. The van der Waals surface area contributed by atoms with E-state index in [9.17, 15) is 14.7 Å². The Balaban J connectivity index is 2.21. The third-order valence-corrected chi connectivity index (χ3v) is 4.43. The fourth-order valence-corrected chi connectivity index (χ4v) is 3.20. The van der Waals surface area contributed by atoms with Gasteiger partial charge in [-0.05, 0) is 32.6 Å². The molecule has 2 fully saturated rings. The number of amides is 1. The van der Waals surface area contributed by atoms with E-state index in [0.717, 1.165) is 6.42 Å². The maximum absolute atomic E-state index is 12.5. The maximum Gasteiger partial charge on any atom is 0.329 e. The summed E-state index contributed by atoms with van der Waals surface area (Å²) in [4.78, 5) is 25.6. The van der Waals surface area contributed by atoms with E-state index in [4.69, 9.17) is 4.74 Å². The number of nitrogens with zero attached hydrogens (tertiary/aromatic N) is 1. The van der Waals surface area contributed by atoms with Crippen molar-refractivity contribution in [3.8, 4) is 0 Å². The highest BCUT2D eigenvalue weighted by Gasteiger charge is 2.50. The molecule has 102 valence electrons. The summed E-state index contributed by atoms with van der Waals surface area (Å²) in [6.07, 6.45) is 2.41. The summed E-state index contributed by atoms with van der Waals surface area (Å²) in [7, 11) is 0. The zero-order valence-electron chi connectivity index (χ0n) is 11.0. The van der Waals surface area contributed by atoms with Crippen molar-refractivity contribution in [2.45, 2.75) is 51.2 Å². The van der Waals surface area contributed by atoms with Gasteiger partial charge in [-0.15, -0.1) is 0 Å². The monoisotopic (exact) mass is 255 g/mol. The van der Waals surface area contributed by atoms with Gasteiger partial charge in [0.05, 0.1) is 12.0 Å². The topological polar surface area (TPSA) is 66.8 Å². The SMILES string of the molecule is CCC1(C(=O)O)CCCN1C(=O)C1CCOC1C. The van der Waals surface area contributed by atoms with Crippen LogP contribution in [0.15, 0.2) is 0 Å². The first kappa shape index (κ1) is 13.3. The number of carboxylic acids is 1. The van der Waals surface area contributed by atoms with Crippen molar-refractivity contribution in [1.29, 1.82) is 0 Å². The van der Waals surface area contributed by atoms with Crippen LogP contribution in [0.5, 0.6) is 0 Å². The Morgan fingerprint density at radius 2 is 2.22 bits per heavy atom. The lowest BCUT2D eigenvalue weighted by molar-refractivity contribution is -0.159. The van der Waals surface area contributed by atoms with Crippen LogP contribution in [0.1, 0.15) is 39.5 Å². The summed E-state index contributed by atoms with van der Waals surface area (Å²) >= 11 is 0. The molecule has 0 saturated carbocycles. The quantitative estimate of drug-likeness (QED) is 0.824. The van der Waals surface area contributed by atoms with Crippen molar-refractivity contribution >= 4 is 11.9 Å². The summed E-state index contributed by atoms with van der Waals surface area (Å²) in [6, 6.07) is 0. The van der Waals surface area contributed by atoms with Gasteiger partial charge < -0.3 is 14.7 Å². The Hall–Kier alpha value is -1.10. The maximum atomic E-state index is 12.5. The van der Waals surface area contributed by atoms with Crippen molar-refractivity contribution in [2.75, 3.05) is 13.2 Å². The molecule has 0 spiro atoms. The van der Waals surface area contributed by atoms with Crippen LogP contribution in [0.2, 0.25) is 0 Å². The fourth-order valence-electron chi connectivity index (χ4n) is 3.20. The average molecular weight is 255 g/mol. The van der Waals surface area contributed by atoms with E-state index in [1.165, 1.54) is 0 Å². The molecule has 18 heavy (non-hydrogen) atoms. The van der Waals surface area contributed by atoms with Crippen LogP contribution in [0.3, 0.4) is 0 Å². The highest BCUT2D eigenvalue weighted by Crippen LogP contribution is 2.36. The van der Waals surface area contributed by atoms with Crippen LogP contribution in [-0.4, -0.2) is 46.7 Å². The first-order valence-electron chi connectivity index (χ1n) is 6.69. The van der Waals surface area contributed by atoms with Crippen molar-refractivity contribution < 1.29 is 19.4 Å². The van der Waals surface area contributed by atoms with Gasteiger partial charge in [0, 0.05) is 13.2 Å². The zero-order valence-corrected chi connectivity index (χ0v) is 11.0. The molecule has 0 aliphatic carbocycles. The normalized spacial score (nSPS) is 36.0. The van der Waals surface area contributed by atoms with Crippen LogP contribution in [0.25, 0.3) is 0 Å². The van der Waals surface area contributed by atoms with E-state index >= 15 is 0 Å². The summed E-state index contributed by atoms with van der Waals surface area (Å²) in [6.45, 7) is 4.88. The molecule has 2 heterocycles. The second-order valence-corrected chi connectivity index (χ2v) is 5.25. The Morgan fingerprint density at radius 1 is 1.50 bits per heavy atom. The van der Waals surface area contributed by atoms with Crippen molar-refractivity contribution in [2.24, 2.45) is 5.92 Å². The summed E-state index contributed by atoms with van der Waals surface area (Å²) in [5.74, 6) is -1.09. The van der Waals surface area contributed by atoms with E-state index in [1.807, 2.05) is 13.8 Å². The van der Waals surface area contributed by atoms with Crippen LogP contribution < -0.4 is 0 Å². The second kappa shape index (κ2) is 4.88. The molecular formula is C13H21NO4. The number of carbonyl (C=O) groups excluding carboxylic acids is 1. The number of carboxylic acid groups (broad SMARTS) is 1. The lowest BCUT2D eigenvalue weighted by atomic mass is 9.91. The molecule has 1 amide bonds. The van der Waals surface area contributed by atoms with Gasteiger partial charge >= 0.3 is 5.97 Å². The number of hydrogen-bond donors (Lipinski definition) is 1. The van der Waals surface area contributed by atoms with Crippen LogP contribution in [-0.2, 0) is 14.3 Å². The standard InChI is InChI=1S/C13H21NO4/c1-3-13(12(16)17)6-4-7-14(13)11(15)10-5-8-18-9(10)2/h9-10H,3-8H2,1-2H3,(H,16,17). The number of rotatable bonds is 3. The first-order valence-corrected chi connectivity index (χ1v) is 6.69. The van der Waals surface area contributed by atoms with Crippen molar-refractivity contribution in [1.82, 2.24) is 4.90 Å². The molecule has 0 aromatic heterocycles. The van der Waals surface area contributed by atoms with Gasteiger partial charge in [-0.3, -0.25) is 4.79 Å². The van der Waals surface area contributed by atoms with Crippen LogP contribution >= 0.6 is 0 Å². The molecule has 3 unspecified atom stereocenters. The van der Waals surface area contributed by atoms with Gasteiger partial charge in [-0.2, -0.15) is 0 Å². The number of likely N-dealkylation sites (tertiary alicyclic amines) is 1. The third-order valence-electron chi connectivity index (χ3n) is 4.43. The predicted octanol–water partition coefficient (Wildman–Crippen LogP) is 1.27. The van der Waals surface area contributed by atoms with E-state index in [1.54, 1.807) is 4.90 Å². The van der Waals surface area contributed by atoms with Crippen molar-refractivity contribution in [3.63, 3.8) is 0 Å². The van der Waals surface area contributed by atoms with E-state index in [0.29, 0.717) is 32.4 Å². The second-order valence-electron chi connectivity index (χ2n) is 5.25. The summed E-state index contributed by atoms with van der Waals surface area (Å²) in [5.41, 5.74) is -0.987. The zero-order chi connectivity index (χ0) is 13.3. The van der Waals surface area contributed by atoms with Crippen molar-refractivity contribution in [3.05, 3.63) is 0 Å². The molecule has 0 radical (unpaired) electrons. The number of ether oxygens (including phenoxy) is 1. The third kappa shape index (κ3) is 1.90. The van der Waals surface area contributed by atoms with Gasteiger partial charge in [-0.1, -0.05) is 6.92 Å². The molecule has 5 nitrogen and oxygen atoms in total. The largest absolute Gasteiger partial charge is 0.479 e. The highest BCUT2D eigenvalue weighted by atomic mass is 16.5. The van der Waals surface area contributed by atoms with E-state index in [2.05, 4.69) is 0 Å². The molecule has 2 aliphatic rings. The molecule has 2 saturated heterocycles. The minimum absolute atomic E-state index is 0.0400. The minimum atomic E-state index is -0.987. The summed E-state index contributed by atoms with van der Waals surface area (Å²) < 4.78 is 5.41. The first-order chi connectivity index (χ1) is 8.53. The minimum Gasteiger partial charge on any atom is -0.479 e. The molecule has 0 aromatic carbocycles. The van der Waals surface area contributed by atoms with Gasteiger partial charge in [0.15, 0.2) is 0 Å². The Labute approximate surface area is 107 Å². The molecule has 3 atom stereocenters. The smallest absolute Gasteiger partial charge is 0.329 e. The van der Waals surface area contributed by atoms with Gasteiger partial charge in [0.25, 0.3) is 0 Å².